The highest BCUT2D eigenvalue weighted by atomic mass is 16.3. The first kappa shape index (κ1) is 24.3. The number of likely N-dealkylation sites (N-methyl/N-ethyl adjacent to an activating group) is 1. The zero-order valence-electron chi connectivity index (χ0n) is 21.7. The van der Waals surface area contributed by atoms with Crippen molar-refractivity contribution in [1.29, 1.82) is 0 Å². The van der Waals surface area contributed by atoms with Gasteiger partial charge in [0.15, 0.2) is 11.5 Å². The van der Waals surface area contributed by atoms with Crippen LogP contribution in [0.15, 0.2) is 65.6 Å². The molecule has 0 spiro atoms. The summed E-state index contributed by atoms with van der Waals surface area (Å²) in [6, 6.07) is 13.7. The molecule has 38 heavy (non-hydrogen) atoms. The fraction of sp³-hybridized carbons (Fsp3) is 0.357. The van der Waals surface area contributed by atoms with Gasteiger partial charge in [0.05, 0.1) is 12.2 Å². The molecule has 1 aromatic carbocycles. The maximum Gasteiger partial charge on any atom is 0.278 e. The fourth-order valence-corrected chi connectivity index (χ4v) is 5.06. The van der Waals surface area contributed by atoms with E-state index in [-0.39, 0.29) is 5.56 Å². The monoisotopic (exact) mass is 512 g/mol. The van der Waals surface area contributed by atoms with Crippen LogP contribution in [0.5, 0.6) is 0 Å². The third-order valence-corrected chi connectivity index (χ3v) is 7.41. The molecule has 1 atom stereocenters. The number of aliphatic hydroxyl groups is 1. The Kier molecular flexibility index (Phi) is 6.21. The third-order valence-electron chi connectivity index (χ3n) is 7.41. The normalized spacial score (nSPS) is 21.1. The summed E-state index contributed by atoms with van der Waals surface area (Å²) in [5.41, 5.74) is 1.79. The van der Waals surface area contributed by atoms with Crippen LogP contribution in [0.4, 0.5) is 17.3 Å². The van der Waals surface area contributed by atoms with E-state index in [9.17, 15) is 9.90 Å². The molecule has 10 nitrogen and oxygen atoms in total. The summed E-state index contributed by atoms with van der Waals surface area (Å²) in [7, 11) is 2.15. The second-order valence-electron chi connectivity index (χ2n) is 10.3. The van der Waals surface area contributed by atoms with Gasteiger partial charge in [0, 0.05) is 43.8 Å². The summed E-state index contributed by atoms with van der Waals surface area (Å²) in [6.07, 6.45) is 6.70. The van der Waals surface area contributed by atoms with Crippen LogP contribution in [-0.4, -0.2) is 67.5 Å². The van der Waals surface area contributed by atoms with E-state index < -0.39 is 5.60 Å². The molecule has 2 N–H and O–H groups in total. The van der Waals surface area contributed by atoms with Gasteiger partial charge in [-0.3, -0.25) is 4.79 Å². The minimum absolute atomic E-state index is 0.189. The lowest BCUT2D eigenvalue weighted by molar-refractivity contribution is 0.0443. The van der Waals surface area contributed by atoms with Crippen molar-refractivity contribution in [2.75, 3.05) is 43.4 Å². The number of benzene rings is 1. The molecule has 0 saturated carbocycles. The number of piperazine rings is 1. The number of nitrogens with zero attached hydrogens (tertiary/aromatic N) is 7. The highest BCUT2D eigenvalue weighted by molar-refractivity contribution is 5.77. The smallest absolute Gasteiger partial charge is 0.278 e. The van der Waals surface area contributed by atoms with Crippen molar-refractivity contribution < 1.29 is 5.11 Å². The minimum atomic E-state index is -1.09. The molecule has 2 aliphatic rings. The Morgan fingerprint density at radius 2 is 1.79 bits per heavy atom. The zero-order valence-corrected chi connectivity index (χ0v) is 21.7. The van der Waals surface area contributed by atoms with Gasteiger partial charge in [-0.2, -0.15) is 4.98 Å². The molecule has 1 fully saturated rings. The minimum Gasteiger partial charge on any atom is -0.384 e. The van der Waals surface area contributed by atoms with Crippen LogP contribution in [0.3, 0.4) is 0 Å². The average Bonchev–Trinajstić information content (AvgIpc) is 3.19. The molecule has 3 aromatic heterocycles. The lowest BCUT2D eigenvalue weighted by Gasteiger charge is -2.34. The molecule has 1 saturated heterocycles. The molecular weight excluding hydrogens is 480 g/mol. The van der Waals surface area contributed by atoms with Gasteiger partial charge in [0.2, 0.25) is 5.95 Å². The summed E-state index contributed by atoms with van der Waals surface area (Å²) in [5, 5.41) is 14.7. The van der Waals surface area contributed by atoms with E-state index in [1.807, 2.05) is 42.5 Å². The molecule has 2 aliphatic heterocycles. The van der Waals surface area contributed by atoms with Crippen molar-refractivity contribution in [3.8, 4) is 5.82 Å². The molecular formula is C28H32N8O2. The van der Waals surface area contributed by atoms with E-state index in [1.54, 1.807) is 22.5 Å². The number of anilines is 3. The number of hydrogen-bond donors (Lipinski definition) is 2. The number of pyridine rings is 1. The Balaban J connectivity index is 1.36. The Morgan fingerprint density at radius 3 is 2.58 bits per heavy atom. The summed E-state index contributed by atoms with van der Waals surface area (Å²) in [4.78, 5) is 32.0. The van der Waals surface area contributed by atoms with Crippen LogP contribution >= 0.6 is 0 Å². The van der Waals surface area contributed by atoms with Crippen LogP contribution in [0, 0.1) is 0 Å². The maximum atomic E-state index is 13.3. The van der Waals surface area contributed by atoms with Crippen LogP contribution in [0.1, 0.15) is 25.5 Å². The summed E-state index contributed by atoms with van der Waals surface area (Å²) < 4.78 is 3.33. The van der Waals surface area contributed by atoms with E-state index in [0.29, 0.717) is 47.9 Å². The highest BCUT2D eigenvalue weighted by Crippen LogP contribution is 2.27. The van der Waals surface area contributed by atoms with E-state index in [1.165, 1.54) is 5.69 Å². The molecule has 0 unspecified atom stereocenters. The SMILES string of the molecule is CN1CCN(c2ccc(Nc3ncc4c(=O)n5n(c4n3)-c3cccc(n3)[C@](C)(O)CC/C=C\C5)cc2)CC1. The van der Waals surface area contributed by atoms with Crippen LogP contribution in [0.2, 0.25) is 0 Å². The van der Waals surface area contributed by atoms with Gasteiger partial charge >= 0.3 is 0 Å². The highest BCUT2D eigenvalue weighted by Gasteiger charge is 2.26. The standard InChI is InChI=1S/C28H32N8O2/c1-28(38)13-4-3-5-14-35-26(37)22-19-29-27(32-25(22)36(35)24-8-6-7-23(28)31-24)30-20-9-11-21(12-10-20)34-17-15-33(2)16-18-34/h3,5-12,19,38H,4,13-18H2,1-2H3,(H,29,30,32)/b5-3-/t28-/m1/s1. The predicted octanol–water partition coefficient (Wildman–Crippen LogP) is 3.03. The summed E-state index contributed by atoms with van der Waals surface area (Å²) >= 11 is 0. The van der Waals surface area contributed by atoms with Crippen molar-refractivity contribution >= 4 is 28.4 Å². The molecule has 0 aliphatic carbocycles. The summed E-state index contributed by atoms with van der Waals surface area (Å²) in [6.45, 7) is 6.26. The van der Waals surface area contributed by atoms with E-state index in [0.717, 1.165) is 31.9 Å². The van der Waals surface area contributed by atoms with Crippen LogP contribution < -0.4 is 15.8 Å². The lowest BCUT2D eigenvalue weighted by Crippen LogP contribution is -2.44. The molecule has 0 amide bonds. The summed E-state index contributed by atoms with van der Waals surface area (Å²) in [5.74, 6) is 0.908. The number of allylic oxidation sites excluding steroid dienone is 2. The van der Waals surface area contributed by atoms with Crippen LogP contribution in [0.25, 0.3) is 16.9 Å². The van der Waals surface area contributed by atoms with Crippen molar-refractivity contribution in [1.82, 2.24) is 29.2 Å². The predicted molar refractivity (Wildman–Crippen MR) is 148 cm³/mol. The number of aromatic nitrogens is 5. The van der Waals surface area contributed by atoms with Crippen LogP contribution in [-0.2, 0) is 12.1 Å². The van der Waals surface area contributed by atoms with Gasteiger partial charge < -0.3 is 20.2 Å². The Bertz CT molecular complexity index is 1550. The van der Waals surface area contributed by atoms with Gasteiger partial charge in [0.1, 0.15) is 11.0 Å². The van der Waals surface area contributed by atoms with Gasteiger partial charge in [0.25, 0.3) is 5.56 Å². The third kappa shape index (κ3) is 4.57. The molecule has 10 heteroatoms. The molecule has 5 heterocycles. The average molecular weight is 513 g/mol. The fourth-order valence-electron chi connectivity index (χ4n) is 5.06. The second kappa shape index (κ2) is 9.70. The first-order valence-corrected chi connectivity index (χ1v) is 13.0. The Labute approximate surface area is 220 Å². The van der Waals surface area contributed by atoms with Crippen molar-refractivity contribution in [3.05, 3.63) is 76.9 Å². The molecule has 2 bridgehead atoms. The number of hydrogen-bond acceptors (Lipinski definition) is 8. The number of fused-ring (bicyclic) bond motifs is 6. The number of nitrogens with one attached hydrogen (secondary N) is 1. The Morgan fingerprint density at radius 1 is 1.00 bits per heavy atom. The van der Waals surface area contributed by atoms with E-state index >= 15 is 0 Å². The first-order chi connectivity index (χ1) is 18.4. The lowest BCUT2D eigenvalue weighted by atomic mass is 9.95. The van der Waals surface area contributed by atoms with Gasteiger partial charge in [-0.1, -0.05) is 18.2 Å². The van der Waals surface area contributed by atoms with Gasteiger partial charge in [-0.15, -0.1) is 0 Å². The maximum absolute atomic E-state index is 13.3. The zero-order chi connectivity index (χ0) is 26.3. The van der Waals surface area contributed by atoms with Crippen molar-refractivity contribution in [2.24, 2.45) is 0 Å². The van der Waals surface area contributed by atoms with Crippen molar-refractivity contribution in [2.45, 2.75) is 31.9 Å². The second-order valence-corrected chi connectivity index (χ2v) is 10.3. The van der Waals surface area contributed by atoms with Crippen molar-refractivity contribution in [3.63, 3.8) is 0 Å². The van der Waals surface area contributed by atoms with E-state index in [2.05, 4.69) is 39.3 Å². The first-order valence-electron chi connectivity index (χ1n) is 13.0. The molecule has 4 aromatic rings. The van der Waals surface area contributed by atoms with Gasteiger partial charge in [-0.25, -0.2) is 19.3 Å². The molecule has 0 radical (unpaired) electrons. The quantitative estimate of drug-likeness (QED) is 0.404. The van der Waals surface area contributed by atoms with Gasteiger partial charge in [-0.05, 0) is 63.2 Å². The molecule has 6 rings (SSSR count). The molecule has 196 valence electrons. The van der Waals surface area contributed by atoms with E-state index in [4.69, 9.17) is 9.97 Å². The topological polar surface area (TPSA) is 104 Å². The Hall–Kier alpha value is -4.02. The largest absolute Gasteiger partial charge is 0.384 e. The number of rotatable bonds is 3.